The van der Waals surface area contributed by atoms with Crippen LogP contribution in [0.4, 0.5) is 0 Å². The SMILES string of the molecule is [B][C@H](C[C@@H]1COc2c(C)cccc21)NC(=O)Cc1ccccc1C#N. The summed E-state index contributed by atoms with van der Waals surface area (Å²) >= 11 is 0. The highest BCUT2D eigenvalue weighted by Crippen LogP contribution is 2.38. The average molecular weight is 330 g/mol. The molecule has 0 spiro atoms. The summed E-state index contributed by atoms with van der Waals surface area (Å²) in [6, 6.07) is 15.3. The lowest BCUT2D eigenvalue weighted by atomic mass is 9.84. The van der Waals surface area contributed by atoms with E-state index in [1.807, 2.05) is 25.1 Å². The van der Waals surface area contributed by atoms with Gasteiger partial charge >= 0.3 is 0 Å². The third-order valence-electron chi connectivity index (χ3n) is 4.48. The van der Waals surface area contributed by atoms with E-state index in [1.165, 1.54) is 0 Å². The summed E-state index contributed by atoms with van der Waals surface area (Å²) in [7, 11) is 6.12. The van der Waals surface area contributed by atoms with Crippen molar-refractivity contribution in [3.63, 3.8) is 0 Å². The largest absolute Gasteiger partial charge is 0.492 e. The number of carbonyl (C=O) groups is 1. The maximum absolute atomic E-state index is 12.2. The molecule has 124 valence electrons. The van der Waals surface area contributed by atoms with E-state index in [0.717, 1.165) is 16.9 Å². The molecule has 3 rings (SSSR count). The monoisotopic (exact) mass is 330 g/mol. The van der Waals surface area contributed by atoms with Crippen LogP contribution in [-0.4, -0.2) is 26.3 Å². The lowest BCUT2D eigenvalue weighted by Crippen LogP contribution is -2.37. The fourth-order valence-electron chi connectivity index (χ4n) is 3.24. The van der Waals surface area contributed by atoms with Crippen LogP contribution < -0.4 is 10.1 Å². The summed E-state index contributed by atoms with van der Waals surface area (Å²) in [5.41, 5.74) is 3.49. The van der Waals surface area contributed by atoms with E-state index in [4.69, 9.17) is 17.8 Å². The Morgan fingerprint density at radius 3 is 2.96 bits per heavy atom. The van der Waals surface area contributed by atoms with E-state index in [9.17, 15) is 4.79 Å². The van der Waals surface area contributed by atoms with Gasteiger partial charge in [0, 0.05) is 11.5 Å². The molecule has 0 aliphatic carbocycles. The molecule has 1 N–H and O–H groups in total. The first-order valence-corrected chi connectivity index (χ1v) is 8.33. The van der Waals surface area contributed by atoms with Gasteiger partial charge in [-0.2, -0.15) is 5.26 Å². The third-order valence-corrected chi connectivity index (χ3v) is 4.48. The first-order chi connectivity index (χ1) is 12.1. The van der Waals surface area contributed by atoms with Gasteiger partial charge in [0.05, 0.1) is 32.5 Å². The van der Waals surface area contributed by atoms with Gasteiger partial charge in [-0.1, -0.05) is 36.4 Å². The Morgan fingerprint density at radius 2 is 2.16 bits per heavy atom. The van der Waals surface area contributed by atoms with E-state index in [1.54, 1.807) is 18.2 Å². The van der Waals surface area contributed by atoms with Crippen molar-refractivity contribution < 1.29 is 9.53 Å². The van der Waals surface area contributed by atoms with Crippen LogP contribution in [0.3, 0.4) is 0 Å². The minimum absolute atomic E-state index is 0.147. The molecule has 1 aliphatic rings. The number of ether oxygens (including phenoxy) is 1. The molecule has 0 unspecified atom stereocenters. The second-order valence-electron chi connectivity index (χ2n) is 6.36. The van der Waals surface area contributed by atoms with Crippen molar-refractivity contribution in [1.29, 1.82) is 5.26 Å². The standard InChI is InChI=1S/C20H19BN2O2/c1-13-5-4-8-17-16(12-25-20(13)17)9-18(21)23-19(24)10-14-6-2-3-7-15(14)11-22/h2-8,16,18H,9-10,12H2,1H3,(H,23,24)/t16-,18+/m1/s1. The number of nitrogens with one attached hydrogen (secondary N) is 1. The third kappa shape index (κ3) is 3.85. The van der Waals surface area contributed by atoms with E-state index in [-0.39, 0.29) is 18.2 Å². The topological polar surface area (TPSA) is 62.1 Å². The van der Waals surface area contributed by atoms with Gasteiger partial charge in [0.2, 0.25) is 5.91 Å². The molecule has 0 fully saturated rings. The number of fused-ring (bicyclic) bond motifs is 1. The molecule has 1 heterocycles. The minimum atomic E-state index is -0.457. The molecule has 1 aliphatic heterocycles. The first kappa shape index (κ1) is 17.1. The smallest absolute Gasteiger partial charge is 0.224 e. The van der Waals surface area contributed by atoms with Crippen LogP contribution in [0.1, 0.15) is 34.6 Å². The summed E-state index contributed by atoms with van der Waals surface area (Å²) in [6.07, 6.45) is 0.760. The van der Waals surface area contributed by atoms with E-state index in [0.29, 0.717) is 24.2 Å². The molecular weight excluding hydrogens is 311 g/mol. The molecule has 1 amide bonds. The zero-order valence-corrected chi connectivity index (χ0v) is 14.2. The van der Waals surface area contributed by atoms with Gasteiger partial charge in [0.1, 0.15) is 5.75 Å². The average Bonchev–Trinajstić information content (AvgIpc) is 2.99. The number of rotatable bonds is 5. The zero-order chi connectivity index (χ0) is 17.8. The predicted molar refractivity (Wildman–Crippen MR) is 96.6 cm³/mol. The normalized spacial score (nSPS) is 16.4. The number of para-hydroxylation sites is 1. The fraction of sp³-hybridized carbons (Fsp3) is 0.300. The van der Waals surface area contributed by atoms with Crippen LogP contribution in [-0.2, 0) is 11.2 Å². The highest BCUT2D eigenvalue weighted by molar-refractivity contribution is 6.13. The number of hydrogen-bond acceptors (Lipinski definition) is 3. The zero-order valence-electron chi connectivity index (χ0n) is 14.2. The van der Waals surface area contributed by atoms with Crippen LogP contribution in [0.5, 0.6) is 5.75 Å². The highest BCUT2D eigenvalue weighted by Gasteiger charge is 2.27. The Labute approximate surface area is 149 Å². The lowest BCUT2D eigenvalue weighted by Gasteiger charge is -2.18. The molecule has 5 heteroatoms. The molecule has 0 bridgehead atoms. The van der Waals surface area contributed by atoms with Crippen molar-refractivity contribution in [2.75, 3.05) is 6.61 Å². The van der Waals surface area contributed by atoms with Crippen molar-refractivity contribution in [1.82, 2.24) is 5.32 Å². The number of nitriles is 1. The number of hydrogen-bond donors (Lipinski definition) is 1. The summed E-state index contributed by atoms with van der Waals surface area (Å²) in [5.74, 6) is 0.478. The number of aryl methyl sites for hydroxylation is 1. The Kier molecular flexibility index (Phi) is 5.09. The van der Waals surface area contributed by atoms with E-state index >= 15 is 0 Å². The maximum Gasteiger partial charge on any atom is 0.224 e. The first-order valence-electron chi connectivity index (χ1n) is 8.33. The van der Waals surface area contributed by atoms with Gasteiger partial charge in [0.25, 0.3) is 0 Å². The van der Waals surface area contributed by atoms with Gasteiger partial charge in [-0.05, 0) is 36.5 Å². The second-order valence-corrected chi connectivity index (χ2v) is 6.36. The number of benzene rings is 2. The number of nitrogens with zero attached hydrogens (tertiary/aromatic N) is 1. The fourth-order valence-corrected chi connectivity index (χ4v) is 3.24. The summed E-state index contributed by atoms with van der Waals surface area (Å²) in [5, 5.41) is 11.9. The number of amides is 1. The van der Waals surface area contributed by atoms with Gasteiger partial charge in [-0.3, -0.25) is 4.79 Å². The van der Waals surface area contributed by atoms with Gasteiger partial charge < -0.3 is 10.1 Å². The molecule has 2 aromatic carbocycles. The Hall–Kier alpha value is -2.74. The predicted octanol–water partition coefficient (Wildman–Crippen LogP) is 2.59. The molecular formula is C20H19BN2O2. The van der Waals surface area contributed by atoms with Gasteiger partial charge in [-0.25, -0.2) is 0 Å². The lowest BCUT2D eigenvalue weighted by molar-refractivity contribution is -0.120. The molecule has 0 saturated carbocycles. The molecule has 0 saturated heterocycles. The Morgan fingerprint density at radius 1 is 1.36 bits per heavy atom. The van der Waals surface area contributed by atoms with E-state index in [2.05, 4.69) is 17.5 Å². The second kappa shape index (κ2) is 7.44. The van der Waals surface area contributed by atoms with Crippen molar-refractivity contribution in [2.24, 2.45) is 0 Å². The maximum atomic E-state index is 12.2. The minimum Gasteiger partial charge on any atom is -0.492 e. The quantitative estimate of drug-likeness (QED) is 0.857. The molecule has 4 nitrogen and oxygen atoms in total. The van der Waals surface area contributed by atoms with E-state index < -0.39 is 5.94 Å². The van der Waals surface area contributed by atoms with Crippen molar-refractivity contribution >= 4 is 13.8 Å². The van der Waals surface area contributed by atoms with Crippen LogP contribution in [0.25, 0.3) is 0 Å². The molecule has 2 aromatic rings. The highest BCUT2D eigenvalue weighted by atomic mass is 16.5. The summed E-state index contributed by atoms with van der Waals surface area (Å²) in [6.45, 7) is 2.61. The molecule has 2 atom stereocenters. The van der Waals surface area contributed by atoms with Crippen molar-refractivity contribution in [3.05, 3.63) is 64.7 Å². The van der Waals surface area contributed by atoms with Crippen LogP contribution in [0.2, 0.25) is 0 Å². The Balaban J connectivity index is 1.59. The van der Waals surface area contributed by atoms with Crippen molar-refractivity contribution in [2.45, 2.75) is 31.6 Å². The van der Waals surface area contributed by atoms with Crippen LogP contribution in [0, 0.1) is 18.3 Å². The van der Waals surface area contributed by atoms with Crippen LogP contribution >= 0.6 is 0 Å². The molecule has 2 radical (unpaired) electrons. The van der Waals surface area contributed by atoms with Crippen LogP contribution in [0.15, 0.2) is 42.5 Å². The number of carbonyl (C=O) groups excluding carboxylic acids is 1. The van der Waals surface area contributed by atoms with Gasteiger partial charge in [-0.15, -0.1) is 0 Å². The van der Waals surface area contributed by atoms with Crippen molar-refractivity contribution in [3.8, 4) is 11.8 Å². The summed E-state index contributed by atoms with van der Waals surface area (Å²) in [4.78, 5) is 12.2. The Bertz CT molecular complexity index is 829. The molecule has 25 heavy (non-hydrogen) atoms. The summed E-state index contributed by atoms with van der Waals surface area (Å²) < 4.78 is 5.77. The molecule has 0 aromatic heterocycles. The van der Waals surface area contributed by atoms with Gasteiger partial charge in [0.15, 0.2) is 0 Å².